The standard InChI is InChI=1S/C17H20N4O2/c1-3-8-19-17(23)16-11-15(7-9-18-16)21-14-6-4-5-13(10-14)20-12(2)22/h4-7,9-11H,3,8H2,1-2H3,(H,18,21)(H,19,23)(H,20,22). The summed E-state index contributed by atoms with van der Waals surface area (Å²) < 4.78 is 0. The molecule has 2 amide bonds. The number of benzene rings is 1. The van der Waals surface area contributed by atoms with Crippen molar-refractivity contribution in [2.45, 2.75) is 20.3 Å². The maximum absolute atomic E-state index is 11.9. The molecule has 0 fully saturated rings. The van der Waals surface area contributed by atoms with Crippen molar-refractivity contribution in [3.05, 3.63) is 48.3 Å². The summed E-state index contributed by atoms with van der Waals surface area (Å²) in [5.41, 5.74) is 2.63. The lowest BCUT2D eigenvalue weighted by molar-refractivity contribution is -0.114. The highest BCUT2D eigenvalue weighted by Gasteiger charge is 2.07. The molecule has 0 bridgehead atoms. The molecule has 0 spiro atoms. The number of hydrogen-bond donors (Lipinski definition) is 3. The molecule has 23 heavy (non-hydrogen) atoms. The number of nitrogens with one attached hydrogen (secondary N) is 3. The Morgan fingerprint density at radius 3 is 2.57 bits per heavy atom. The maximum Gasteiger partial charge on any atom is 0.269 e. The van der Waals surface area contributed by atoms with E-state index in [1.807, 2.05) is 31.2 Å². The van der Waals surface area contributed by atoms with Crippen LogP contribution in [0.25, 0.3) is 0 Å². The minimum absolute atomic E-state index is 0.124. The zero-order valence-corrected chi connectivity index (χ0v) is 13.2. The Labute approximate surface area is 135 Å². The molecule has 6 nitrogen and oxygen atoms in total. The van der Waals surface area contributed by atoms with Gasteiger partial charge in [0, 0.05) is 36.7 Å². The molecule has 2 aromatic rings. The van der Waals surface area contributed by atoms with E-state index in [1.165, 1.54) is 6.92 Å². The number of aromatic nitrogens is 1. The van der Waals surface area contributed by atoms with Gasteiger partial charge in [0.25, 0.3) is 5.91 Å². The van der Waals surface area contributed by atoms with E-state index in [9.17, 15) is 9.59 Å². The predicted octanol–water partition coefficient (Wildman–Crippen LogP) is 2.92. The minimum Gasteiger partial charge on any atom is -0.355 e. The van der Waals surface area contributed by atoms with Crippen molar-refractivity contribution >= 4 is 28.9 Å². The molecule has 2 rings (SSSR count). The van der Waals surface area contributed by atoms with Crippen molar-refractivity contribution in [1.82, 2.24) is 10.3 Å². The first kappa shape index (κ1) is 16.5. The van der Waals surface area contributed by atoms with Gasteiger partial charge in [-0.1, -0.05) is 13.0 Å². The maximum atomic E-state index is 11.9. The van der Waals surface area contributed by atoms with Gasteiger partial charge in [-0.15, -0.1) is 0 Å². The Morgan fingerprint density at radius 2 is 1.83 bits per heavy atom. The summed E-state index contributed by atoms with van der Waals surface area (Å²) in [6, 6.07) is 10.8. The summed E-state index contributed by atoms with van der Waals surface area (Å²) in [6.45, 7) is 4.08. The number of anilines is 3. The summed E-state index contributed by atoms with van der Waals surface area (Å²) in [4.78, 5) is 27.1. The normalized spacial score (nSPS) is 10.0. The minimum atomic E-state index is -0.192. The SMILES string of the molecule is CCCNC(=O)c1cc(Nc2cccc(NC(C)=O)c2)ccn1. The van der Waals surface area contributed by atoms with Gasteiger partial charge >= 0.3 is 0 Å². The summed E-state index contributed by atoms with van der Waals surface area (Å²) in [5, 5.41) is 8.72. The zero-order chi connectivity index (χ0) is 16.7. The van der Waals surface area contributed by atoms with Crippen LogP contribution in [0.2, 0.25) is 0 Å². The topological polar surface area (TPSA) is 83.1 Å². The molecular formula is C17H20N4O2. The summed E-state index contributed by atoms with van der Waals surface area (Å²) in [7, 11) is 0. The van der Waals surface area contributed by atoms with Crippen LogP contribution >= 0.6 is 0 Å². The second-order valence-corrected chi connectivity index (χ2v) is 5.07. The first-order chi connectivity index (χ1) is 11.1. The highest BCUT2D eigenvalue weighted by Crippen LogP contribution is 2.20. The van der Waals surface area contributed by atoms with Crippen molar-refractivity contribution in [2.75, 3.05) is 17.2 Å². The lowest BCUT2D eigenvalue weighted by Crippen LogP contribution is -2.24. The van der Waals surface area contributed by atoms with E-state index in [1.54, 1.807) is 18.3 Å². The van der Waals surface area contributed by atoms with Gasteiger partial charge in [-0.3, -0.25) is 14.6 Å². The van der Waals surface area contributed by atoms with Crippen molar-refractivity contribution in [2.24, 2.45) is 0 Å². The quantitative estimate of drug-likeness (QED) is 0.766. The summed E-state index contributed by atoms with van der Waals surface area (Å²) in [5.74, 6) is -0.316. The van der Waals surface area contributed by atoms with Crippen LogP contribution in [0.5, 0.6) is 0 Å². The molecule has 0 saturated carbocycles. The third kappa shape index (κ3) is 5.10. The number of carbonyl (C=O) groups is 2. The van der Waals surface area contributed by atoms with Crippen LogP contribution < -0.4 is 16.0 Å². The molecule has 1 heterocycles. The van der Waals surface area contributed by atoms with Gasteiger partial charge in [0.2, 0.25) is 5.91 Å². The van der Waals surface area contributed by atoms with Gasteiger partial charge < -0.3 is 16.0 Å². The van der Waals surface area contributed by atoms with Crippen molar-refractivity contribution in [1.29, 1.82) is 0 Å². The van der Waals surface area contributed by atoms with Crippen molar-refractivity contribution in [3.8, 4) is 0 Å². The number of carbonyl (C=O) groups excluding carboxylic acids is 2. The number of hydrogen-bond acceptors (Lipinski definition) is 4. The fourth-order valence-corrected chi connectivity index (χ4v) is 2.01. The lowest BCUT2D eigenvalue weighted by Gasteiger charge is -2.10. The number of amides is 2. The predicted molar refractivity (Wildman–Crippen MR) is 90.9 cm³/mol. The average molecular weight is 312 g/mol. The van der Waals surface area contributed by atoms with Gasteiger partial charge in [0.15, 0.2) is 0 Å². The molecule has 0 aliphatic carbocycles. The molecule has 3 N–H and O–H groups in total. The van der Waals surface area contributed by atoms with E-state index in [0.717, 1.165) is 17.8 Å². The van der Waals surface area contributed by atoms with E-state index >= 15 is 0 Å². The highest BCUT2D eigenvalue weighted by molar-refractivity contribution is 5.93. The molecule has 0 aliphatic rings. The van der Waals surface area contributed by atoms with Crippen molar-refractivity contribution < 1.29 is 9.59 Å². The van der Waals surface area contributed by atoms with Gasteiger partial charge in [-0.25, -0.2) is 0 Å². The molecule has 1 aromatic carbocycles. The second kappa shape index (κ2) is 7.93. The van der Waals surface area contributed by atoms with Crippen molar-refractivity contribution in [3.63, 3.8) is 0 Å². The van der Waals surface area contributed by atoms with Crippen LogP contribution in [-0.4, -0.2) is 23.3 Å². The Kier molecular flexibility index (Phi) is 5.68. The van der Waals surface area contributed by atoms with E-state index in [2.05, 4.69) is 20.9 Å². The molecular weight excluding hydrogens is 292 g/mol. The first-order valence-corrected chi connectivity index (χ1v) is 7.47. The highest BCUT2D eigenvalue weighted by atomic mass is 16.2. The fourth-order valence-electron chi connectivity index (χ4n) is 2.01. The zero-order valence-electron chi connectivity index (χ0n) is 13.2. The van der Waals surface area contributed by atoms with Crippen LogP contribution in [0.1, 0.15) is 30.8 Å². The van der Waals surface area contributed by atoms with Gasteiger partial charge in [-0.2, -0.15) is 0 Å². The molecule has 0 saturated heterocycles. The molecule has 0 aliphatic heterocycles. The van der Waals surface area contributed by atoms with Gasteiger partial charge in [0.05, 0.1) is 0 Å². The molecule has 1 aromatic heterocycles. The lowest BCUT2D eigenvalue weighted by atomic mass is 10.2. The van der Waals surface area contributed by atoms with E-state index in [0.29, 0.717) is 17.9 Å². The molecule has 0 unspecified atom stereocenters. The van der Waals surface area contributed by atoms with Crippen LogP contribution in [0.4, 0.5) is 17.1 Å². The monoisotopic (exact) mass is 312 g/mol. The molecule has 6 heteroatoms. The smallest absolute Gasteiger partial charge is 0.269 e. The Bertz CT molecular complexity index is 700. The van der Waals surface area contributed by atoms with Crippen LogP contribution in [0.15, 0.2) is 42.6 Å². The Hall–Kier alpha value is -2.89. The third-order valence-corrected chi connectivity index (χ3v) is 3.00. The summed E-state index contributed by atoms with van der Waals surface area (Å²) in [6.07, 6.45) is 2.46. The largest absolute Gasteiger partial charge is 0.355 e. The van der Waals surface area contributed by atoms with Gasteiger partial charge in [-0.05, 0) is 36.8 Å². The van der Waals surface area contributed by atoms with E-state index in [-0.39, 0.29) is 11.8 Å². The summed E-state index contributed by atoms with van der Waals surface area (Å²) >= 11 is 0. The number of nitrogens with zero attached hydrogens (tertiary/aromatic N) is 1. The Balaban J connectivity index is 2.11. The van der Waals surface area contributed by atoms with Crippen LogP contribution in [0, 0.1) is 0 Å². The number of rotatable bonds is 6. The molecule has 120 valence electrons. The fraction of sp³-hybridized carbons (Fsp3) is 0.235. The molecule has 0 radical (unpaired) electrons. The van der Waals surface area contributed by atoms with E-state index in [4.69, 9.17) is 0 Å². The van der Waals surface area contributed by atoms with Gasteiger partial charge in [0.1, 0.15) is 5.69 Å². The second-order valence-electron chi connectivity index (χ2n) is 5.07. The first-order valence-electron chi connectivity index (χ1n) is 7.47. The third-order valence-electron chi connectivity index (χ3n) is 3.00. The average Bonchev–Trinajstić information content (AvgIpc) is 2.52. The molecule has 0 atom stereocenters. The van der Waals surface area contributed by atoms with E-state index < -0.39 is 0 Å². The van der Waals surface area contributed by atoms with Crippen LogP contribution in [-0.2, 0) is 4.79 Å². The number of pyridine rings is 1. The Morgan fingerprint density at radius 1 is 1.09 bits per heavy atom. The van der Waals surface area contributed by atoms with Crippen LogP contribution in [0.3, 0.4) is 0 Å².